The predicted octanol–water partition coefficient (Wildman–Crippen LogP) is 3.37. The van der Waals surface area contributed by atoms with E-state index in [1.54, 1.807) is 29.3 Å². The highest BCUT2D eigenvalue weighted by atomic mass is 16.5. The van der Waals surface area contributed by atoms with E-state index in [9.17, 15) is 0 Å². The third-order valence-corrected chi connectivity index (χ3v) is 4.04. The van der Waals surface area contributed by atoms with Crippen LogP contribution in [-0.2, 0) is 0 Å². The van der Waals surface area contributed by atoms with Gasteiger partial charge in [-0.1, -0.05) is 37.3 Å². The maximum Gasteiger partial charge on any atom is 0.196 e. The summed E-state index contributed by atoms with van der Waals surface area (Å²) in [4.78, 5) is 12.5. The fourth-order valence-corrected chi connectivity index (χ4v) is 2.66. The number of nitrogens with zero attached hydrogens (tertiary/aromatic N) is 5. The van der Waals surface area contributed by atoms with Gasteiger partial charge in [0.05, 0.1) is 12.3 Å². The number of benzene rings is 1. The molecule has 3 heterocycles. The van der Waals surface area contributed by atoms with E-state index >= 15 is 0 Å². The Balaban J connectivity index is 1.63. The Kier molecular flexibility index (Phi) is 4.08. The summed E-state index contributed by atoms with van der Waals surface area (Å²) in [7, 11) is 0. The van der Waals surface area contributed by atoms with Gasteiger partial charge in [-0.05, 0) is 5.56 Å². The van der Waals surface area contributed by atoms with E-state index < -0.39 is 0 Å². The van der Waals surface area contributed by atoms with Gasteiger partial charge in [0.15, 0.2) is 11.4 Å². The van der Waals surface area contributed by atoms with Gasteiger partial charge in [-0.3, -0.25) is 0 Å². The molecular weight excluding hydrogens is 314 g/mol. The number of hydrogen-bond acceptors (Lipinski definition) is 5. The van der Waals surface area contributed by atoms with Crippen molar-refractivity contribution >= 4 is 5.65 Å². The maximum absolute atomic E-state index is 6.09. The quantitative estimate of drug-likeness (QED) is 0.561. The number of ether oxygens (including phenoxy) is 1. The molecule has 0 saturated heterocycles. The van der Waals surface area contributed by atoms with Crippen molar-refractivity contribution < 1.29 is 4.74 Å². The van der Waals surface area contributed by atoms with Crippen LogP contribution in [-0.4, -0.2) is 31.2 Å². The van der Waals surface area contributed by atoms with Crippen molar-refractivity contribution in [3.63, 3.8) is 0 Å². The summed E-state index contributed by atoms with van der Waals surface area (Å²) in [5.41, 5.74) is 3.51. The summed E-state index contributed by atoms with van der Waals surface area (Å²) in [6.45, 7) is 2.70. The van der Waals surface area contributed by atoms with Crippen molar-refractivity contribution in [2.24, 2.45) is 0 Å². The average molecular weight is 331 g/mol. The number of rotatable bonds is 5. The molecule has 0 unspecified atom stereocenters. The second-order valence-electron chi connectivity index (χ2n) is 5.84. The molecule has 0 aliphatic heterocycles. The van der Waals surface area contributed by atoms with Gasteiger partial charge >= 0.3 is 0 Å². The highest BCUT2D eigenvalue weighted by Crippen LogP contribution is 2.26. The van der Waals surface area contributed by atoms with Gasteiger partial charge in [-0.15, -0.1) is 0 Å². The molecule has 0 bridgehead atoms. The number of aromatic nitrogens is 5. The molecule has 0 aliphatic rings. The summed E-state index contributed by atoms with van der Waals surface area (Å²) < 4.78 is 7.80. The Morgan fingerprint density at radius 1 is 1.12 bits per heavy atom. The number of imidazole rings is 1. The standard InChI is InChI=1S/C19H17N5O/c1-14(15-5-3-2-4-6-15)12-25-18-9-17(16-10-20-13-21-11-16)23-24-8-7-22-19(18)24/h2-11,13-14H,12H2,1H3/t14-/m1/s1. The van der Waals surface area contributed by atoms with Gasteiger partial charge in [-0.2, -0.15) is 5.10 Å². The zero-order valence-electron chi connectivity index (χ0n) is 13.8. The van der Waals surface area contributed by atoms with E-state index in [-0.39, 0.29) is 5.92 Å². The molecule has 0 fully saturated rings. The van der Waals surface area contributed by atoms with Crippen LogP contribution < -0.4 is 4.74 Å². The molecule has 4 aromatic rings. The monoisotopic (exact) mass is 331 g/mol. The minimum absolute atomic E-state index is 0.271. The van der Waals surface area contributed by atoms with Crippen molar-refractivity contribution in [2.45, 2.75) is 12.8 Å². The lowest BCUT2D eigenvalue weighted by Gasteiger charge is -2.14. The molecule has 0 saturated carbocycles. The minimum atomic E-state index is 0.271. The molecule has 0 aliphatic carbocycles. The van der Waals surface area contributed by atoms with Crippen LogP contribution >= 0.6 is 0 Å². The van der Waals surface area contributed by atoms with E-state index in [0.29, 0.717) is 18.0 Å². The van der Waals surface area contributed by atoms with E-state index in [1.165, 1.54) is 11.9 Å². The first-order valence-corrected chi connectivity index (χ1v) is 8.09. The maximum atomic E-state index is 6.09. The molecule has 6 nitrogen and oxygen atoms in total. The van der Waals surface area contributed by atoms with Gasteiger partial charge in [-0.25, -0.2) is 19.5 Å². The fraction of sp³-hybridized carbons (Fsp3) is 0.158. The van der Waals surface area contributed by atoms with Crippen LogP contribution in [0.15, 0.2) is 67.5 Å². The topological polar surface area (TPSA) is 65.2 Å². The second-order valence-corrected chi connectivity index (χ2v) is 5.84. The Morgan fingerprint density at radius 2 is 1.92 bits per heavy atom. The third kappa shape index (κ3) is 3.19. The van der Waals surface area contributed by atoms with Crippen LogP contribution in [0.5, 0.6) is 5.75 Å². The second kappa shape index (κ2) is 6.68. The lowest BCUT2D eigenvalue weighted by Crippen LogP contribution is -2.08. The Bertz CT molecular complexity index is 969. The van der Waals surface area contributed by atoms with Crippen LogP contribution in [0.2, 0.25) is 0 Å². The molecule has 0 radical (unpaired) electrons. The molecule has 25 heavy (non-hydrogen) atoms. The highest BCUT2D eigenvalue weighted by molar-refractivity contribution is 5.64. The molecule has 0 spiro atoms. The summed E-state index contributed by atoms with van der Waals surface area (Å²) in [5, 5.41) is 4.55. The number of fused-ring (bicyclic) bond motifs is 1. The van der Waals surface area contributed by atoms with Crippen LogP contribution in [0.3, 0.4) is 0 Å². The molecule has 1 atom stereocenters. The van der Waals surface area contributed by atoms with Gasteiger partial charge in [0.1, 0.15) is 6.33 Å². The summed E-state index contributed by atoms with van der Waals surface area (Å²) >= 11 is 0. The first kappa shape index (κ1) is 15.3. The van der Waals surface area contributed by atoms with Crippen LogP contribution in [0.1, 0.15) is 18.4 Å². The predicted molar refractivity (Wildman–Crippen MR) is 94.4 cm³/mol. The van der Waals surface area contributed by atoms with Crippen LogP contribution in [0.4, 0.5) is 0 Å². The minimum Gasteiger partial charge on any atom is -0.489 e. The summed E-state index contributed by atoms with van der Waals surface area (Å²) in [5.74, 6) is 0.967. The smallest absolute Gasteiger partial charge is 0.196 e. The van der Waals surface area contributed by atoms with Crippen LogP contribution in [0.25, 0.3) is 16.9 Å². The molecule has 6 heteroatoms. The Morgan fingerprint density at radius 3 is 2.72 bits per heavy atom. The van der Waals surface area contributed by atoms with Gasteiger partial charge < -0.3 is 4.74 Å². The van der Waals surface area contributed by atoms with Crippen molar-refractivity contribution in [2.75, 3.05) is 6.61 Å². The fourth-order valence-electron chi connectivity index (χ4n) is 2.66. The number of hydrogen-bond donors (Lipinski definition) is 0. The highest BCUT2D eigenvalue weighted by Gasteiger charge is 2.12. The molecule has 3 aromatic heterocycles. The SMILES string of the molecule is C[C@H](COc1cc(-c2cncnc2)nn2ccnc12)c1ccccc1. The molecule has 124 valence electrons. The first-order valence-electron chi connectivity index (χ1n) is 8.09. The normalized spacial score (nSPS) is 12.2. The van der Waals surface area contributed by atoms with Gasteiger partial charge in [0.25, 0.3) is 0 Å². The molecule has 0 N–H and O–H groups in total. The van der Waals surface area contributed by atoms with E-state index in [2.05, 4.69) is 39.1 Å². The lowest BCUT2D eigenvalue weighted by atomic mass is 10.0. The summed E-state index contributed by atoms with van der Waals surface area (Å²) in [6, 6.07) is 12.2. The van der Waals surface area contributed by atoms with E-state index in [0.717, 1.165) is 11.3 Å². The van der Waals surface area contributed by atoms with Crippen molar-refractivity contribution in [3.05, 3.63) is 73.1 Å². The van der Waals surface area contributed by atoms with E-state index in [4.69, 9.17) is 4.74 Å². The lowest BCUT2D eigenvalue weighted by molar-refractivity contribution is 0.297. The van der Waals surface area contributed by atoms with Gasteiger partial charge in [0.2, 0.25) is 0 Å². The molecular formula is C19H17N5O. The molecule has 0 amide bonds. The van der Waals surface area contributed by atoms with E-state index in [1.807, 2.05) is 24.3 Å². The van der Waals surface area contributed by atoms with Crippen LogP contribution in [0, 0.1) is 0 Å². The molecule has 4 rings (SSSR count). The third-order valence-electron chi connectivity index (χ3n) is 4.04. The largest absolute Gasteiger partial charge is 0.489 e. The Hall–Kier alpha value is -3.28. The van der Waals surface area contributed by atoms with Crippen molar-refractivity contribution in [1.29, 1.82) is 0 Å². The summed E-state index contributed by atoms with van der Waals surface area (Å²) in [6.07, 6.45) is 8.47. The zero-order chi connectivity index (χ0) is 17.1. The van der Waals surface area contributed by atoms with Crippen molar-refractivity contribution in [3.8, 4) is 17.0 Å². The first-order chi connectivity index (χ1) is 12.3. The average Bonchev–Trinajstić information content (AvgIpc) is 3.16. The van der Waals surface area contributed by atoms with Crippen molar-refractivity contribution in [1.82, 2.24) is 24.6 Å². The zero-order valence-corrected chi connectivity index (χ0v) is 13.8. The Labute approximate surface area is 145 Å². The van der Waals surface area contributed by atoms with Gasteiger partial charge in [0, 0.05) is 42.3 Å². The molecule has 1 aromatic carbocycles.